The molecule has 4 rings (SSSR count). The maximum absolute atomic E-state index is 13.0. The van der Waals surface area contributed by atoms with Crippen molar-refractivity contribution in [1.29, 1.82) is 0 Å². The molecule has 1 amide bonds. The van der Waals surface area contributed by atoms with Gasteiger partial charge in [0.1, 0.15) is 0 Å². The van der Waals surface area contributed by atoms with Gasteiger partial charge in [-0.25, -0.2) is 4.68 Å². The molecule has 0 radical (unpaired) electrons. The van der Waals surface area contributed by atoms with E-state index in [9.17, 15) is 9.59 Å². The summed E-state index contributed by atoms with van der Waals surface area (Å²) in [6.45, 7) is 5.52. The summed E-state index contributed by atoms with van der Waals surface area (Å²) in [5.74, 6) is 0.436. The van der Waals surface area contributed by atoms with Crippen LogP contribution in [0.1, 0.15) is 19.4 Å². The normalized spacial score (nSPS) is 11.1. The first kappa shape index (κ1) is 21.8. The van der Waals surface area contributed by atoms with E-state index in [1.54, 1.807) is 11.0 Å². The van der Waals surface area contributed by atoms with Crippen molar-refractivity contribution >= 4 is 28.4 Å². The lowest BCUT2D eigenvalue weighted by atomic mass is 10.1. The fraction of sp³-hybridized carbons (Fsp3) is 0.261. The molecular weight excluding hydrogens is 426 g/mol. The topological polar surface area (TPSA) is 94.1 Å². The van der Waals surface area contributed by atoms with Crippen molar-refractivity contribution in [2.75, 3.05) is 18.8 Å². The molecule has 0 fully saturated rings. The van der Waals surface area contributed by atoms with Crippen LogP contribution in [-0.4, -0.2) is 49.6 Å². The van der Waals surface area contributed by atoms with Crippen molar-refractivity contribution in [3.63, 3.8) is 0 Å². The van der Waals surface area contributed by atoms with E-state index in [2.05, 4.69) is 15.3 Å². The molecule has 2 aromatic carbocycles. The van der Waals surface area contributed by atoms with Gasteiger partial charge < -0.3 is 9.32 Å². The van der Waals surface area contributed by atoms with E-state index in [-0.39, 0.29) is 28.3 Å². The number of nitrogens with zero attached hydrogens (tertiary/aromatic N) is 5. The van der Waals surface area contributed by atoms with E-state index in [0.717, 1.165) is 5.56 Å². The van der Waals surface area contributed by atoms with Gasteiger partial charge in [-0.1, -0.05) is 60.3 Å². The summed E-state index contributed by atoms with van der Waals surface area (Å²) in [5, 5.41) is 14.2. The highest BCUT2D eigenvalue weighted by Crippen LogP contribution is 2.26. The fourth-order valence-electron chi connectivity index (χ4n) is 3.41. The number of rotatable bonds is 8. The van der Waals surface area contributed by atoms with Gasteiger partial charge in [0.2, 0.25) is 5.91 Å². The molecule has 0 unspecified atom stereocenters. The van der Waals surface area contributed by atoms with Crippen LogP contribution in [-0.2, 0) is 11.3 Å². The van der Waals surface area contributed by atoms with Crippen molar-refractivity contribution in [2.24, 2.45) is 0 Å². The Labute approximate surface area is 189 Å². The molecule has 0 bridgehead atoms. The van der Waals surface area contributed by atoms with E-state index in [4.69, 9.17) is 4.42 Å². The number of aromatic nitrogens is 4. The molecule has 4 aromatic rings. The average Bonchev–Trinajstić information content (AvgIpc) is 3.30. The maximum atomic E-state index is 13.0. The number of hydrogen-bond acceptors (Lipinski definition) is 7. The van der Waals surface area contributed by atoms with Crippen LogP contribution in [0.4, 0.5) is 0 Å². The Balaban J connectivity index is 1.66. The summed E-state index contributed by atoms with van der Waals surface area (Å²) in [5.41, 5.74) is 1.21. The Morgan fingerprint density at radius 2 is 1.69 bits per heavy atom. The third-order valence-corrected chi connectivity index (χ3v) is 5.89. The van der Waals surface area contributed by atoms with Crippen LogP contribution >= 0.6 is 11.8 Å². The molecule has 0 atom stereocenters. The smallest absolute Gasteiger partial charge is 0.277 e. The van der Waals surface area contributed by atoms with Gasteiger partial charge in [0.15, 0.2) is 5.69 Å². The van der Waals surface area contributed by atoms with Gasteiger partial charge in [0.05, 0.1) is 17.7 Å². The van der Waals surface area contributed by atoms with Crippen LogP contribution in [0.25, 0.3) is 22.4 Å². The summed E-state index contributed by atoms with van der Waals surface area (Å²) < 4.78 is 7.22. The second-order valence-corrected chi connectivity index (χ2v) is 8.00. The van der Waals surface area contributed by atoms with Crippen LogP contribution < -0.4 is 5.56 Å². The first-order chi connectivity index (χ1) is 15.6. The minimum absolute atomic E-state index is 0.0136. The molecule has 0 spiro atoms. The van der Waals surface area contributed by atoms with E-state index < -0.39 is 0 Å². The van der Waals surface area contributed by atoms with Gasteiger partial charge in [-0.2, -0.15) is 5.10 Å². The van der Waals surface area contributed by atoms with Gasteiger partial charge in [-0.05, 0) is 25.5 Å². The average molecular weight is 450 g/mol. The lowest BCUT2D eigenvalue weighted by Gasteiger charge is -2.17. The molecule has 0 N–H and O–H groups in total. The quantitative estimate of drug-likeness (QED) is 0.380. The van der Waals surface area contributed by atoms with E-state index in [1.165, 1.54) is 16.4 Å². The third kappa shape index (κ3) is 4.57. The lowest BCUT2D eigenvalue weighted by molar-refractivity contribution is -0.127. The third-order valence-electron chi connectivity index (χ3n) is 5.09. The molecule has 0 saturated carbocycles. The second kappa shape index (κ2) is 9.78. The van der Waals surface area contributed by atoms with Crippen LogP contribution in [0.3, 0.4) is 0 Å². The highest BCUT2D eigenvalue weighted by molar-refractivity contribution is 7.99. The summed E-state index contributed by atoms with van der Waals surface area (Å²) in [6.07, 6.45) is 0. The van der Waals surface area contributed by atoms with Crippen LogP contribution in [0.5, 0.6) is 0 Å². The zero-order chi connectivity index (χ0) is 22.5. The minimum Gasteiger partial charge on any atom is -0.409 e. The molecule has 0 aliphatic heterocycles. The van der Waals surface area contributed by atoms with Crippen molar-refractivity contribution in [3.8, 4) is 11.6 Å². The minimum atomic E-state index is -0.188. The fourth-order valence-corrected chi connectivity index (χ4v) is 4.08. The number of carbonyl (C=O) groups is 1. The second-order valence-electron chi connectivity index (χ2n) is 7.07. The molecule has 32 heavy (non-hydrogen) atoms. The summed E-state index contributed by atoms with van der Waals surface area (Å²) in [4.78, 5) is 27.0. The Kier molecular flexibility index (Phi) is 6.65. The zero-order valence-electron chi connectivity index (χ0n) is 17.9. The van der Waals surface area contributed by atoms with Gasteiger partial charge >= 0.3 is 0 Å². The molecule has 2 heterocycles. The first-order valence-electron chi connectivity index (χ1n) is 10.4. The van der Waals surface area contributed by atoms with Gasteiger partial charge in [-0.3, -0.25) is 9.59 Å². The Bertz CT molecular complexity index is 1280. The highest BCUT2D eigenvalue weighted by atomic mass is 32.2. The van der Waals surface area contributed by atoms with Crippen molar-refractivity contribution in [1.82, 2.24) is 24.9 Å². The first-order valence-corrected chi connectivity index (χ1v) is 11.4. The molecule has 8 nitrogen and oxygen atoms in total. The number of fused-ring (bicyclic) bond motifs is 1. The summed E-state index contributed by atoms with van der Waals surface area (Å²) in [6, 6.07) is 16.9. The maximum Gasteiger partial charge on any atom is 0.277 e. The van der Waals surface area contributed by atoms with Gasteiger partial charge in [-0.15, -0.1) is 10.2 Å². The largest absolute Gasteiger partial charge is 0.409 e. The van der Waals surface area contributed by atoms with Crippen LogP contribution in [0, 0.1) is 0 Å². The molecule has 2 aromatic heterocycles. The Hall–Kier alpha value is -3.46. The summed E-state index contributed by atoms with van der Waals surface area (Å²) >= 11 is 1.19. The van der Waals surface area contributed by atoms with Crippen molar-refractivity contribution in [3.05, 3.63) is 70.5 Å². The van der Waals surface area contributed by atoms with Gasteiger partial charge in [0.25, 0.3) is 16.7 Å². The van der Waals surface area contributed by atoms with E-state index in [0.29, 0.717) is 36.1 Å². The Morgan fingerprint density at radius 1 is 1.00 bits per heavy atom. The Morgan fingerprint density at radius 3 is 2.41 bits per heavy atom. The molecule has 0 aliphatic rings. The number of amides is 1. The SMILES string of the molecule is CCN(CC)C(=O)CSc1nnc(-c2nn(Cc3ccccc3)c(=O)c3ccccc23)o1. The van der Waals surface area contributed by atoms with Crippen LogP contribution in [0.2, 0.25) is 0 Å². The molecule has 164 valence electrons. The molecular formula is C23H23N5O3S. The lowest BCUT2D eigenvalue weighted by Crippen LogP contribution is -2.31. The predicted molar refractivity (Wildman–Crippen MR) is 123 cm³/mol. The number of benzene rings is 2. The van der Waals surface area contributed by atoms with Crippen molar-refractivity contribution in [2.45, 2.75) is 25.6 Å². The number of carbonyl (C=O) groups excluding carboxylic acids is 1. The zero-order valence-corrected chi connectivity index (χ0v) is 18.7. The van der Waals surface area contributed by atoms with Crippen LogP contribution in [0.15, 0.2) is 69.0 Å². The van der Waals surface area contributed by atoms with E-state index >= 15 is 0 Å². The molecule has 0 aliphatic carbocycles. The molecule has 9 heteroatoms. The van der Waals surface area contributed by atoms with Gasteiger partial charge in [0, 0.05) is 18.5 Å². The van der Waals surface area contributed by atoms with Crippen molar-refractivity contribution < 1.29 is 9.21 Å². The van der Waals surface area contributed by atoms with E-state index in [1.807, 2.05) is 62.4 Å². The monoisotopic (exact) mass is 449 g/mol. The number of hydrogen-bond donors (Lipinski definition) is 0. The molecule has 0 saturated heterocycles. The standard InChI is InChI=1S/C23H23N5O3S/c1-3-27(4-2)19(29)15-32-23-25-24-21(31-23)20-17-12-8-9-13-18(17)22(30)28(26-20)14-16-10-6-5-7-11-16/h5-13H,3-4,14-15H2,1-2H3. The summed E-state index contributed by atoms with van der Waals surface area (Å²) in [7, 11) is 0. The predicted octanol–water partition coefficient (Wildman–Crippen LogP) is 3.46. The number of thioether (sulfide) groups is 1. The highest BCUT2D eigenvalue weighted by Gasteiger charge is 2.19.